The van der Waals surface area contributed by atoms with E-state index in [0.717, 1.165) is 38.0 Å². The van der Waals surface area contributed by atoms with Crippen LogP contribution in [0.3, 0.4) is 0 Å². The lowest BCUT2D eigenvalue weighted by molar-refractivity contribution is 0.0900. The van der Waals surface area contributed by atoms with Crippen molar-refractivity contribution in [1.29, 1.82) is 0 Å². The molecule has 1 saturated heterocycles. The van der Waals surface area contributed by atoms with Gasteiger partial charge in [0.2, 0.25) is 0 Å². The second kappa shape index (κ2) is 4.77. The Morgan fingerprint density at radius 3 is 3.27 bits per heavy atom. The zero-order valence-electron chi connectivity index (χ0n) is 9.22. The number of nitrogens with zero attached hydrogens (tertiary/aromatic N) is 2. The Hall–Kier alpha value is -0.870. The van der Waals surface area contributed by atoms with Crippen LogP contribution in [0.2, 0.25) is 0 Å². The van der Waals surface area contributed by atoms with Crippen LogP contribution in [0, 0.1) is 0 Å². The van der Waals surface area contributed by atoms with Gasteiger partial charge in [-0.2, -0.15) is 5.10 Å². The van der Waals surface area contributed by atoms with Crippen molar-refractivity contribution in [2.45, 2.75) is 44.9 Å². The summed E-state index contributed by atoms with van der Waals surface area (Å²) in [5, 5.41) is 4.28. The lowest BCUT2D eigenvalue weighted by Gasteiger charge is -2.16. The molecule has 2 rings (SSSR count). The average molecular weight is 209 g/mol. The van der Waals surface area contributed by atoms with Gasteiger partial charge < -0.3 is 10.5 Å². The summed E-state index contributed by atoms with van der Waals surface area (Å²) in [4.78, 5) is 0. The molecule has 2 atom stereocenters. The summed E-state index contributed by atoms with van der Waals surface area (Å²) in [6, 6.07) is -0.0156. The third-order valence-electron chi connectivity index (χ3n) is 2.86. The van der Waals surface area contributed by atoms with Crippen molar-refractivity contribution in [2.75, 3.05) is 6.61 Å². The molecule has 0 saturated carbocycles. The molecule has 0 amide bonds. The molecule has 1 aliphatic rings. The van der Waals surface area contributed by atoms with Crippen LogP contribution < -0.4 is 5.73 Å². The molecule has 0 aliphatic carbocycles. The summed E-state index contributed by atoms with van der Waals surface area (Å²) in [6.07, 6.45) is 7.37. The molecule has 1 fully saturated rings. The van der Waals surface area contributed by atoms with Gasteiger partial charge in [0.15, 0.2) is 0 Å². The Morgan fingerprint density at radius 1 is 1.73 bits per heavy atom. The Bertz CT molecular complexity index is 305. The van der Waals surface area contributed by atoms with Gasteiger partial charge in [-0.05, 0) is 19.3 Å². The van der Waals surface area contributed by atoms with Gasteiger partial charge in [-0.25, -0.2) is 0 Å². The lowest BCUT2D eigenvalue weighted by Crippen LogP contribution is -2.25. The minimum atomic E-state index is -0.0156. The molecule has 1 aromatic heterocycles. The number of hydrogen-bond acceptors (Lipinski definition) is 3. The smallest absolute Gasteiger partial charge is 0.0769 e. The molecule has 15 heavy (non-hydrogen) atoms. The van der Waals surface area contributed by atoms with E-state index in [1.54, 1.807) is 0 Å². The molecular weight excluding hydrogens is 190 g/mol. The number of rotatable bonds is 4. The van der Waals surface area contributed by atoms with Crippen molar-refractivity contribution in [3.63, 3.8) is 0 Å². The van der Waals surface area contributed by atoms with E-state index < -0.39 is 0 Å². The van der Waals surface area contributed by atoms with Crippen LogP contribution in [0.4, 0.5) is 0 Å². The minimum absolute atomic E-state index is 0.0156. The summed E-state index contributed by atoms with van der Waals surface area (Å²) in [7, 11) is 0. The van der Waals surface area contributed by atoms with E-state index >= 15 is 0 Å². The highest BCUT2D eigenvalue weighted by atomic mass is 16.5. The van der Waals surface area contributed by atoms with Crippen LogP contribution in [-0.2, 0) is 11.3 Å². The van der Waals surface area contributed by atoms with Crippen LogP contribution in [0.1, 0.15) is 37.8 Å². The third kappa shape index (κ3) is 2.38. The van der Waals surface area contributed by atoms with E-state index in [-0.39, 0.29) is 12.1 Å². The maximum absolute atomic E-state index is 6.13. The van der Waals surface area contributed by atoms with Gasteiger partial charge in [0, 0.05) is 24.9 Å². The van der Waals surface area contributed by atoms with Gasteiger partial charge >= 0.3 is 0 Å². The first-order valence-electron chi connectivity index (χ1n) is 5.71. The molecular formula is C11H19N3O. The molecule has 2 unspecified atom stereocenters. The summed E-state index contributed by atoms with van der Waals surface area (Å²) in [5.41, 5.74) is 7.22. The maximum Gasteiger partial charge on any atom is 0.0769 e. The monoisotopic (exact) mass is 209 g/mol. The fraction of sp³-hybridized carbons (Fsp3) is 0.727. The number of aryl methyl sites for hydroxylation is 1. The van der Waals surface area contributed by atoms with E-state index in [1.165, 1.54) is 0 Å². The predicted molar refractivity (Wildman–Crippen MR) is 58.4 cm³/mol. The Kier molecular flexibility index (Phi) is 3.38. The first-order valence-corrected chi connectivity index (χ1v) is 5.71. The van der Waals surface area contributed by atoms with Crippen molar-refractivity contribution in [1.82, 2.24) is 9.78 Å². The number of aromatic nitrogens is 2. The molecule has 0 spiro atoms. The molecule has 0 bridgehead atoms. The maximum atomic E-state index is 6.13. The molecule has 4 nitrogen and oxygen atoms in total. The fourth-order valence-electron chi connectivity index (χ4n) is 2.00. The Labute approximate surface area is 90.4 Å². The molecule has 1 aromatic rings. The van der Waals surface area contributed by atoms with Gasteiger partial charge in [0.25, 0.3) is 0 Å². The quantitative estimate of drug-likeness (QED) is 0.817. The van der Waals surface area contributed by atoms with Crippen molar-refractivity contribution in [3.05, 3.63) is 18.0 Å². The summed E-state index contributed by atoms with van der Waals surface area (Å²) < 4.78 is 7.52. The lowest BCUT2D eigenvalue weighted by atomic mass is 10.0. The first kappa shape index (κ1) is 10.6. The highest BCUT2D eigenvalue weighted by Gasteiger charge is 2.24. The fourth-order valence-corrected chi connectivity index (χ4v) is 2.00. The van der Waals surface area contributed by atoms with Gasteiger partial charge in [0.1, 0.15) is 0 Å². The van der Waals surface area contributed by atoms with Crippen LogP contribution in [0.25, 0.3) is 0 Å². The second-order valence-electron chi connectivity index (χ2n) is 4.11. The van der Waals surface area contributed by atoms with E-state index in [9.17, 15) is 0 Å². The first-order chi connectivity index (χ1) is 7.31. The average Bonchev–Trinajstić information content (AvgIpc) is 2.87. The van der Waals surface area contributed by atoms with E-state index in [0.29, 0.717) is 0 Å². The Balaban J connectivity index is 2.00. The molecule has 2 N–H and O–H groups in total. The number of hydrogen-bond donors (Lipinski definition) is 1. The predicted octanol–water partition coefficient (Wildman–Crippen LogP) is 1.47. The molecule has 0 radical (unpaired) electrons. The van der Waals surface area contributed by atoms with Crippen LogP contribution in [-0.4, -0.2) is 22.5 Å². The highest BCUT2D eigenvalue weighted by molar-refractivity contribution is 5.12. The second-order valence-corrected chi connectivity index (χ2v) is 4.11. The van der Waals surface area contributed by atoms with Gasteiger partial charge in [-0.15, -0.1) is 0 Å². The number of ether oxygens (including phenoxy) is 1. The van der Waals surface area contributed by atoms with Gasteiger partial charge in [-0.1, -0.05) is 6.92 Å². The largest absolute Gasteiger partial charge is 0.376 e. The topological polar surface area (TPSA) is 53.1 Å². The van der Waals surface area contributed by atoms with Crippen molar-refractivity contribution in [3.8, 4) is 0 Å². The zero-order chi connectivity index (χ0) is 10.7. The zero-order valence-corrected chi connectivity index (χ0v) is 9.22. The standard InChI is InChI=1S/C11H19N3O/c1-2-5-14-8-9(7-13-14)11(12)10-4-3-6-15-10/h7-8,10-11H,2-6,12H2,1H3. The van der Waals surface area contributed by atoms with Crippen molar-refractivity contribution in [2.24, 2.45) is 5.73 Å². The highest BCUT2D eigenvalue weighted by Crippen LogP contribution is 2.24. The summed E-state index contributed by atoms with van der Waals surface area (Å²) in [5.74, 6) is 0. The van der Waals surface area contributed by atoms with E-state index in [1.807, 2.05) is 17.1 Å². The van der Waals surface area contributed by atoms with E-state index in [4.69, 9.17) is 10.5 Å². The SMILES string of the molecule is CCCn1cc(C(N)C2CCCO2)cn1. The molecule has 4 heteroatoms. The van der Waals surface area contributed by atoms with Crippen molar-refractivity contribution >= 4 is 0 Å². The molecule has 2 heterocycles. The van der Waals surface area contributed by atoms with Crippen LogP contribution in [0.5, 0.6) is 0 Å². The minimum Gasteiger partial charge on any atom is -0.376 e. The normalized spacial score (nSPS) is 23.2. The third-order valence-corrected chi connectivity index (χ3v) is 2.86. The Morgan fingerprint density at radius 2 is 2.60 bits per heavy atom. The number of nitrogens with two attached hydrogens (primary N) is 1. The van der Waals surface area contributed by atoms with Crippen LogP contribution >= 0.6 is 0 Å². The van der Waals surface area contributed by atoms with Gasteiger partial charge in [-0.3, -0.25) is 4.68 Å². The van der Waals surface area contributed by atoms with Crippen LogP contribution in [0.15, 0.2) is 12.4 Å². The molecule has 84 valence electrons. The summed E-state index contributed by atoms with van der Waals surface area (Å²) in [6.45, 7) is 3.95. The molecule has 0 aromatic carbocycles. The summed E-state index contributed by atoms with van der Waals surface area (Å²) >= 11 is 0. The van der Waals surface area contributed by atoms with Gasteiger partial charge in [0.05, 0.1) is 18.3 Å². The van der Waals surface area contributed by atoms with E-state index in [2.05, 4.69) is 12.0 Å². The van der Waals surface area contributed by atoms with Crippen molar-refractivity contribution < 1.29 is 4.74 Å². The molecule has 1 aliphatic heterocycles.